The first-order valence-electron chi connectivity index (χ1n) is 10.2. The normalized spacial score (nSPS) is 32.2. The number of ether oxygens (including phenoxy) is 1. The summed E-state index contributed by atoms with van der Waals surface area (Å²) in [5, 5.41) is 0. The number of hydrogen-bond acceptors (Lipinski definition) is 1. The predicted molar refractivity (Wildman–Crippen MR) is 101 cm³/mol. The van der Waals surface area contributed by atoms with E-state index in [1.165, 1.54) is 70.6 Å². The van der Waals surface area contributed by atoms with E-state index in [1.54, 1.807) is 0 Å². The quantitative estimate of drug-likeness (QED) is 0.340. The zero-order valence-electron chi connectivity index (χ0n) is 15.3. The van der Waals surface area contributed by atoms with Gasteiger partial charge in [0.05, 0.1) is 12.7 Å². The summed E-state index contributed by atoms with van der Waals surface area (Å²) in [7, 11) is 0. The minimum absolute atomic E-state index is 0.532. The lowest BCUT2D eigenvalue weighted by Gasteiger charge is -2.37. The van der Waals surface area contributed by atoms with Gasteiger partial charge >= 0.3 is 0 Å². The number of rotatable bonds is 9. The summed E-state index contributed by atoms with van der Waals surface area (Å²) in [6, 6.07) is 0. The van der Waals surface area contributed by atoms with Crippen LogP contribution >= 0.6 is 0 Å². The molecule has 2 rings (SSSR count). The van der Waals surface area contributed by atoms with Crippen molar-refractivity contribution in [2.45, 2.75) is 90.1 Å². The molecular weight excluding hydrogens is 280 g/mol. The molecule has 0 aromatic heterocycles. The van der Waals surface area contributed by atoms with Crippen molar-refractivity contribution in [1.82, 2.24) is 0 Å². The van der Waals surface area contributed by atoms with E-state index in [-0.39, 0.29) is 0 Å². The van der Waals surface area contributed by atoms with E-state index in [0.29, 0.717) is 6.10 Å². The monoisotopic (exact) mass is 318 g/mol. The van der Waals surface area contributed by atoms with Crippen molar-refractivity contribution < 1.29 is 4.74 Å². The molecule has 1 nitrogen and oxygen atoms in total. The van der Waals surface area contributed by atoms with Crippen LogP contribution in [0.2, 0.25) is 0 Å². The number of hydrogen-bond donors (Lipinski definition) is 0. The van der Waals surface area contributed by atoms with Crippen molar-refractivity contribution in [3.05, 3.63) is 24.8 Å². The first-order valence-corrected chi connectivity index (χ1v) is 10.2. The molecule has 0 radical (unpaired) electrons. The Balaban J connectivity index is 1.61. The molecule has 0 bridgehead atoms. The molecule has 0 aromatic carbocycles. The van der Waals surface area contributed by atoms with Crippen LogP contribution in [0.1, 0.15) is 84.0 Å². The highest BCUT2D eigenvalue weighted by molar-refractivity contribution is 4.92. The zero-order chi connectivity index (χ0) is 16.3. The molecule has 2 aliphatic rings. The number of allylic oxidation sites excluding steroid dienone is 2. The third kappa shape index (κ3) is 6.83. The Kier molecular flexibility index (Phi) is 9.04. The lowest BCUT2D eigenvalue weighted by atomic mass is 9.70. The maximum absolute atomic E-state index is 5.96. The fourth-order valence-electron chi connectivity index (χ4n) is 4.46. The highest BCUT2D eigenvalue weighted by atomic mass is 16.5. The van der Waals surface area contributed by atoms with Crippen molar-refractivity contribution in [3.8, 4) is 0 Å². The summed E-state index contributed by atoms with van der Waals surface area (Å²) in [5.74, 6) is 2.87. The Morgan fingerprint density at radius 3 is 2.17 bits per heavy atom. The summed E-state index contributed by atoms with van der Waals surface area (Å²) in [5.41, 5.74) is 0. The van der Waals surface area contributed by atoms with Gasteiger partial charge < -0.3 is 4.74 Å². The lowest BCUT2D eigenvalue weighted by molar-refractivity contribution is 0.00984. The van der Waals surface area contributed by atoms with Crippen LogP contribution in [-0.4, -0.2) is 12.7 Å². The molecule has 2 aliphatic carbocycles. The van der Waals surface area contributed by atoms with Crippen LogP contribution in [0.4, 0.5) is 0 Å². The van der Waals surface area contributed by atoms with Crippen molar-refractivity contribution in [2.24, 2.45) is 17.8 Å². The van der Waals surface area contributed by atoms with Gasteiger partial charge in [0.2, 0.25) is 0 Å². The fraction of sp³-hybridized carbons (Fsp3) is 0.818. The molecule has 0 aromatic rings. The maximum atomic E-state index is 5.96. The van der Waals surface area contributed by atoms with E-state index in [1.807, 2.05) is 6.08 Å². The molecule has 0 N–H and O–H groups in total. The maximum Gasteiger partial charge on any atom is 0.0575 e. The topological polar surface area (TPSA) is 9.23 Å². The Labute approximate surface area is 144 Å². The third-order valence-electron chi connectivity index (χ3n) is 6.01. The van der Waals surface area contributed by atoms with Gasteiger partial charge in [-0.1, -0.05) is 38.0 Å². The summed E-state index contributed by atoms with van der Waals surface area (Å²) in [6.45, 7) is 6.91. The van der Waals surface area contributed by atoms with Crippen LogP contribution < -0.4 is 0 Å². The summed E-state index contributed by atoms with van der Waals surface area (Å²) >= 11 is 0. The minimum atomic E-state index is 0.532. The molecular formula is C22H38O. The van der Waals surface area contributed by atoms with Gasteiger partial charge in [-0.2, -0.15) is 0 Å². The Morgan fingerprint density at radius 1 is 0.913 bits per heavy atom. The van der Waals surface area contributed by atoms with Crippen LogP contribution in [0.15, 0.2) is 24.8 Å². The Hall–Kier alpha value is -0.560. The second-order valence-electron chi connectivity index (χ2n) is 7.73. The molecule has 23 heavy (non-hydrogen) atoms. The van der Waals surface area contributed by atoms with E-state index >= 15 is 0 Å². The average Bonchev–Trinajstić information content (AvgIpc) is 2.60. The molecule has 0 aliphatic heterocycles. The first kappa shape index (κ1) is 18.8. The molecule has 0 heterocycles. The van der Waals surface area contributed by atoms with Crippen LogP contribution in [0.5, 0.6) is 0 Å². The Bertz CT molecular complexity index is 330. The minimum Gasteiger partial charge on any atom is -0.378 e. The van der Waals surface area contributed by atoms with Gasteiger partial charge in [0.15, 0.2) is 0 Å². The van der Waals surface area contributed by atoms with E-state index in [2.05, 4.69) is 25.7 Å². The Morgan fingerprint density at radius 2 is 1.57 bits per heavy atom. The molecule has 0 atom stereocenters. The van der Waals surface area contributed by atoms with Crippen molar-refractivity contribution >= 4 is 0 Å². The molecule has 2 saturated carbocycles. The predicted octanol–water partition coefficient (Wildman–Crippen LogP) is 6.69. The van der Waals surface area contributed by atoms with Gasteiger partial charge in [0.25, 0.3) is 0 Å². The SMILES string of the molecule is C=CCCOC1CCC(C2CCC(/C=C/CCCC)CC2)CC1. The lowest BCUT2D eigenvalue weighted by Crippen LogP contribution is -2.28. The number of unbranched alkanes of at least 4 members (excludes halogenated alkanes) is 2. The summed E-state index contributed by atoms with van der Waals surface area (Å²) in [6.07, 6.45) is 23.6. The van der Waals surface area contributed by atoms with Gasteiger partial charge in [-0.3, -0.25) is 0 Å². The van der Waals surface area contributed by atoms with Crippen molar-refractivity contribution in [2.75, 3.05) is 6.61 Å². The van der Waals surface area contributed by atoms with Gasteiger partial charge in [0.1, 0.15) is 0 Å². The fourth-order valence-corrected chi connectivity index (χ4v) is 4.46. The first-order chi connectivity index (χ1) is 11.3. The van der Waals surface area contributed by atoms with Crippen LogP contribution in [0.3, 0.4) is 0 Å². The van der Waals surface area contributed by atoms with Gasteiger partial charge in [-0.25, -0.2) is 0 Å². The molecule has 1 heteroatoms. The van der Waals surface area contributed by atoms with E-state index in [4.69, 9.17) is 4.74 Å². The highest BCUT2D eigenvalue weighted by Crippen LogP contribution is 2.40. The molecule has 0 unspecified atom stereocenters. The van der Waals surface area contributed by atoms with Crippen molar-refractivity contribution in [3.63, 3.8) is 0 Å². The molecule has 0 spiro atoms. The van der Waals surface area contributed by atoms with E-state index < -0.39 is 0 Å². The molecule has 0 amide bonds. The van der Waals surface area contributed by atoms with Gasteiger partial charge in [0, 0.05) is 0 Å². The van der Waals surface area contributed by atoms with Crippen LogP contribution in [0.25, 0.3) is 0 Å². The molecule has 132 valence electrons. The van der Waals surface area contributed by atoms with Gasteiger partial charge in [-0.15, -0.1) is 6.58 Å². The second kappa shape index (κ2) is 11.1. The third-order valence-corrected chi connectivity index (χ3v) is 6.01. The molecule has 2 fully saturated rings. The van der Waals surface area contributed by atoms with Crippen LogP contribution in [0, 0.1) is 17.8 Å². The zero-order valence-corrected chi connectivity index (χ0v) is 15.3. The van der Waals surface area contributed by atoms with Crippen molar-refractivity contribution in [1.29, 1.82) is 0 Å². The van der Waals surface area contributed by atoms with Crippen LogP contribution in [-0.2, 0) is 4.74 Å². The average molecular weight is 319 g/mol. The second-order valence-corrected chi connectivity index (χ2v) is 7.73. The largest absolute Gasteiger partial charge is 0.378 e. The highest BCUT2D eigenvalue weighted by Gasteiger charge is 2.30. The van der Waals surface area contributed by atoms with E-state index in [0.717, 1.165) is 30.8 Å². The standard InChI is InChI=1S/C22H38O/c1-3-5-7-8-9-19-10-12-20(13-11-19)21-14-16-22(17-15-21)23-18-6-4-2/h4,8-9,19-22H,2-3,5-7,10-18H2,1H3/b9-8+. The summed E-state index contributed by atoms with van der Waals surface area (Å²) in [4.78, 5) is 0. The van der Waals surface area contributed by atoms with E-state index in [9.17, 15) is 0 Å². The molecule has 0 saturated heterocycles. The smallest absolute Gasteiger partial charge is 0.0575 e. The van der Waals surface area contributed by atoms with Gasteiger partial charge in [-0.05, 0) is 82.0 Å². The summed E-state index contributed by atoms with van der Waals surface area (Å²) < 4.78 is 5.96.